The van der Waals surface area contributed by atoms with Crippen LogP contribution in [0.2, 0.25) is 0 Å². The lowest BCUT2D eigenvalue weighted by molar-refractivity contribution is -0.192. The molecule has 4 rings (SSSR count). The minimum atomic E-state index is -5.08. The van der Waals surface area contributed by atoms with E-state index in [0.29, 0.717) is 29.2 Å². The minimum Gasteiger partial charge on any atom is -0.494 e. The molecule has 202 valence electrons. The number of hydrogen-bond donors (Lipinski definition) is 3. The summed E-state index contributed by atoms with van der Waals surface area (Å²) < 4.78 is 42.9. The van der Waals surface area contributed by atoms with Crippen LogP contribution in [0, 0.1) is 6.92 Å². The number of aromatic amines is 1. The predicted molar refractivity (Wildman–Crippen MR) is 134 cm³/mol. The maximum absolute atomic E-state index is 12.5. The highest BCUT2D eigenvalue weighted by molar-refractivity contribution is 5.85. The number of carboxylic acids is 1. The van der Waals surface area contributed by atoms with E-state index in [1.807, 2.05) is 39.2 Å². The van der Waals surface area contributed by atoms with Gasteiger partial charge in [0.05, 0.1) is 23.7 Å². The van der Waals surface area contributed by atoms with Crippen molar-refractivity contribution in [1.82, 2.24) is 24.8 Å². The summed E-state index contributed by atoms with van der Waals surface area (Å²) in [5.41, 5.74) is 1.73. The van der Waals surface area contributed by atoms with Gasteiger partial charge in [0.25, 0.3) is 5.56 Å². The second-order valence-corrected chi connectivity index (χ2v) is 8.16. The second-order valence-electron chi connectivity index (χ2n) is 8.16. The molecular formula is C24H25F3N6O5. The summed E-state index contributed by atoms with van der Waals surface area (Å²) in [4.78, 5) is 39.7. The third-order valence-electron chi connectivity index (χ3n) is 5.06. The topological polar surface area (TPSA) is 143 Å². The molecule has 0 saturated carbocycles. The molecule has 0 aliphatic heterocycles. The number of H-pyrrole nitrogens is 1. The van der Waals surface area contributed by atoms with Gasteiger partial charge >= 0.3 is 12.1 Å². The summed E-state index contributed by atoms with van der Waals surface area (Å²) in [5.74, 6) is -0.890. The average Bonchev–Trinajstić information content (AvgIpc) is 2.83. The first kappa shape index (κ1) is 28.1. The highest BCUT2D eigenvalue weighted by atomic mass is 19.4. The van der Waals surface area contributed by atoms with E-state index in [1.165, 1.54) is 0 Å². The molecule has 0 spiro atoms. The maximum Gasteiger partial charge on any atom is 0.490 e. The number of benzene rings is 2. The number of ether oxygens (including phenoxy) is 2. The molecule has 0 fully saturated rings. The molecule has 14 heteroatoms. The average molecular weight is 534 g/mol. The van der Waals surface area contributed by atoms with Crippen LogP contribution in [-0.2, 0) is 4.79 Å². The quantitative estimate of drug-likeness (QED) is 0.322. The van der Waals surface area contributed by atoms with Crippen LogP contribution in [0.5, 0.6) is 11.5 Å². The monoisotopic (exact) mass is 534 g/mol. The van der Waals surface area contributed by atoms with Crippen molar-refractivity contribution in [2.75, 3.05) is 39.7 Å². The van der Waals surface area contributed by atoms with E-state index in [2.05, 4.69) is 30.2 Å². The van der Waals surface area contributed by atoms with Crippen molar-refractivity contribution in [1.29, 1.82) is 0 Å². The number of nitrogens with zero attached hydrogens (tertiary/aromatic N) is 4. The van der Waals surface area contributed by atoms with Crippen molar-refractivity contribution < 1.29 is 32.5 Å². The standard InChI is InChI=1S/C22H24N6O3.C2HF3O2/c1-13-16-12-14(31-11-10-28(2)3)8-9-17(16)24-21(23-13)27-22-25-19-15(20(29)26-22)6-5-7-18(19)30-4;3-2(4,5)1(6)7/h5-9,12H,10-11H2,1-4H3,(H2,23,24,25,26,27,29);(H,6,7). The molecule has 0 unspecified atom stereocenters. The van der Waals surface area contributed by atoms with Crippen LogP contribution >= 0.6 is 0 Å². The lowest BCUT2D eigenvalue weighted by atomic mass is 10.2. The van der Waals surface area contributed by atoms with E-state index < -0.39 is 12.1 Å². The number of aromatic nitrogens is 4. The zero-order valence-corrected chi connectivity index (χ0v) is 20.9. The van der Waals surface area contributed by atoms with Crippen molar-refractivity contribution in [2.24, 2.45) is 0 Å². The number of likely N-dealkylation sites (N-methyl/N-ethyl adjacent to an activating group) is 1. The van der Waals surface area contributed by atoms with Crippen LogP contribution in [0.25, 0.3) is 21.8 Å². The number of carboxylic acid groups (broad SMARTS) is 1. The summed E-state index contributed by atoms with van der Waals surface area (Å²) in [6.45, 7) is 3.33. The SMILES string of the molecule is COc1cccc2c(=O)[nH]c(Nc3nc(C)c4cc(OCCN(C)C)ccc4n3)nc12.O=C(O)C(F)(F)F. The number of methoxy groups -OCH3 is 1. The molecule has 0 aliphatic carbocycles. The molecule has 0 aliphatic rings. The number of halogens is 3. The largest absolute Gasteiger partial charge is 0.494 e. The Morgan fingerprint density at radius 2 is 1.84 bits per heavy atom. The number of alkyl halides is 3. The van der Waals surface area contributed by atoms with Crippen LogP contribution < -0.4 is 20.3 Å². The number of carbonyl (C=O) groups is 1. The molecule has 11 nitrogen and oxygen atoms in total. The molecule has 0 saturated heterocycles. The zero-order chi connectivity index (χ0) is 28.0. The Morgan fingerprint density at radius 3 is 2.47 bits per heavy atom. The van der Waals surface area contributed by atoms with Gasteiger partial charge < -0.3 is 19.5 Å². The van der Waals surface area contributed by atoms with Crippen LogP contribution in [0.4, 0.5) is 25.1 Å². The Hall–Kier alpha value is -4.46. The maximum atomic E-state index is 12.5. The van der Waals surface area contributed by atoms with Gasteiger partial charge in [-0.25, -0.2) is 19.7 Å². The molecule has 0 amide bonds. The highest BCUT2D eigenvalue weighted by Crippen LogP contribution is 2.25. The van der Waals surface area contributed by atoms with E-state index in [9.17, 15) is 18.0 Å². The fourth-order valence-corrected chi connectivity index (χ4v) is 3.22. The number of hydrogen-bond acceptors (Lipinski definition) is 9. The fraction of sp³-hybridized carbons (Fsp3) is 0.292. The first-order valence-corrected chi connectivity index (χ1v) is 11.1. The molecule has 0 atom stereocenters. The van der Waals surface area contributed by atoms with Gasteiger partial charge in [-0.15, -0.1) is 0 Å². The van der Waals surface area contributed by atoms with E-state index in [0.717, 1.165) is 28.9 Å². The van der Waals surface area contributed by atoms with Gasteiger partial charge in [0, 0.05) is 11.9 Å². The van der Waals surface area contributed by atoms with Gasteiger partial charge in [-0.05, 0) is 51.4 Å². The van der Waals surface area contributed by atoms with E-state index in [1.54, 1.807) is 25.3 Å². The van der Waals surface area contributed by atoms with Gasteiger partial charge in [-0.1, -0.05) is 6.07 Å². The molecule has 4 aromatic rings. The Morgan fingerprint density at radius 1 is 1.13 bits per heavy atom. The second kappa shape index (κ2) is 11.7. The van der Waals surface area contributed by atoms with Crippen LogP contribution in [-0.4, -0.2) is 76.4 Å². The molecule has 3 N–H and O–H groups in total. The van der Waals surface area contributed by atoms with Crippen molar-refractivity contribution in [2.45, 2.75) is 13.1 Å². The number of anilines is 2. The van der Waals surface area contributed by atoms with E-state index >= 15 is 0 Å². The summed E-state index contributed by atoms with van der Waals surface area (Å²) in [6, 6.07) is 10.9. The summed E-state index contributed by atoms with van der Waals surface area (Å²) in [5, 5.41) is 11.5. The van der Waals surface area contributed by atoms with E-state index in [-0.39, 0.29) is 11.5 Å². The third kappa shape index (κ3) is 7.06. The normalized spacial score (nSPS) is 11.3. The number of nitrogens with one attached hydrogen (secondary N) is 2. The van der Waals surface area contributed by atoms with Gasteiger partial charge in [0.2, 0.25) is 11.9 Å². The molecule has 0 bridgehead atoms. The van der Waals surface area contributed by atoms with Crippen molar-refractivity contribution in [3.63, 3.8) is 0 Å². The van der Waals surface area contributed by atoms with Crippen LogP contribution in [0.1, 0.15) is 5.69 Å². The van der Waals surface area contributed by atoms with Gasteiger partial charge in [-0.3, -0.25) is 15.1 Å². The van der Waals surface area contributed by atoms with Crippen molar-refractivity contribution in [3.05, 3.63) is 52.4 Å². The van der Waals surface area contributed by atoms with Gasteiger partial charge in [0.15, 0.2) is 0 Å². The number of para-hydroxylation sites is 1. The number of fused-ring (bicyclic) bond motifs is 2. The lowest BCUT2D eigenvalue weighted by Crippen LogP contribution is -2.21. The van der Waals surface area contributed by atoms with Gasteiger partial charge in [0.1, 0.15) is 23.6 Å². The summed E-state index contributed by atoms with van der Waals surface area (Å²) in [7, 11) is 5.55. The summed E-state index contributed by atoms with van der Waals surface area (Å²) >= 11 is 0. The first-order chi connectivity index (χ1) is 17.9. The smallest absolute Gasteiger partial charge is 0.490 e. The molecule has 2 heterocycles. The number of rotatable bonds is 7. The first-order valence-electron chi connectivity index (χ1n) is 11.1. The third-order valence-corrected chi connectivity index (χ3v) is 5.06. The molecule has 2 aromatic carbocycles. The molecule has 0 radical (unpaired) electrons. The lowest BCUT2D eigenvalue weighted by Gasteiger charge is -2.12. The Labute approximate surface area is 214 Å². The highest BCUT2D eigenvalue weighted by Gasteiger charge is 2.38. The number of aliphatic carboxylic acids is 1. The number of aryl methyl sites for hydroxylation is 1. The van der Waals surface area contributed by atoms with Crippen molar-refractivity contribution in [3.8, 4) is 11.5 Å². The predicted octanol–water partition coefficient (Wildman–Crippen LogP) is 3.50. The molecular weight excluding hydrogens is 509 g/mol. The van der Waals surface area contributed by atoms with Gasteiger partial charge in [-0.2, -0.15) is 13.2 Å². The molecule has 38 heavy (non-hydrogen) atoms. The molecule has 2 aromatic heterocycles. The Kier molecular flexibility index (Phi) is 8.68. The minimum absolute atomic E-state index is 0.240. The fourth-order valence-electron chi connectivity index (χ4n) is 3.22. The Bertz CT molecular complexity index is 1510. The van der Waals surface area contributed by atoms with Crippen molar-refractivity contribution >= 4 is 39.7 Å². The Balaban J connectivity index is 0.000000505. The summed E-state index contributed by atoms with van der Waals surface area (Å²) in [6.07, 6.45) is -5.08. The van der Waals surface area contributed by atoms with Crippen LogP contribution in [0.3, 0.4) is 0 Å². The zero-order valence-electron chi connectivity index (χ0n) is 20.9. The van der Waals surface area contributed by atoms with E-state index in [4.69, 9.17) is 19.4 Å². The van der Waals surface area contributed by atoms with Crippen LogP contribution in [0.15, 0.2) is 41.2 Å².